The lowest BCUT2D eigenvalue weighted by Crippen LogP contribution is -2.72. The standard InChI is InChI=1S/C12H37O12Si8/c1-10-27(4)18-25(2)19-32(9,24-30(7,15)16)22-28(5)12-26(3,20-28)11-17-31(8,21-27)23-29(6,13)14/h13-16H,10-12H2,1-9H3. The first kappa shape index (κ1) is 29.5. The van der Waals surface area contributed by atoms with Gasteiger partial charge in [-0.05, 0) is 32.2 Å². The minimum absolute atomic E-state index is 0.233. The zero-order valence-corrected chi connectivity index (χ0v) is 28.2. The van der Waals surface area contributed by atoms with Crippen molar-refractivity contribution in [3.05, 3.63) is 0 Å². The Morgan fingerprint density at radius 1 is 0.844 bits per heavy atom. The highest BCUT2D eigenvalue weighted by atomic mass is 28.6. The lowest BCUT2D eigenvalue weighted by molar-refractivity contribution is 0.126. The van der Waals surface area contributed by atoms with Crippen molar-refractivity contribution in [2.24, 2.45) is 0 Å². The van der Waals surface area contributed by atoms with Crippen molar-refractivity contribution in [3.8, 4) is 0 Å². The van der Waals surface area contributed by atoms with Gasteiger partial charge in [-0.25, -0.2) is 0 Å². The van der Waals surface area contributed by atoms with E-state index in [0.717, 1.165) is 0 Å². The van der Waals surface area contributed by atoms with E-state index in [1.165, 1.54) is 13.1 Å². The molecular formula is C12H37O12Si8. The van der Waals surface area contributed by atoms with E-state index in [-0.39, 0.29) is 6.23 Å². The van der Waals surface area contributed by atoms with E-state index in [1.807, 2.05) is 26.6 Å². The molecule has 5 atom stereocenters. The molecular weight excluding hydrogens is 561 g/mol. The molecule has 0 aromatic heterocycles. The fraction of sp³-hybridized carbons (Fsp3) is 1.00. The van der Waals surface area contributed by atoms with Crippen LogP contribution in [0.5, 0.6) is 0 Å². The number of rotatable bonds is 5. The topological polar surface area (TPSA) is 155 Å². The third kappa shape index (κ3) is 8.73. The molecule has 5 unspecified atom stereocenters. The predicted octanol–water partition coefficient (Wildman–Crippen LogP) is 0.326. The van der Waals surface area contributed by atoms with Gasteiger partial charge in [-0.3, -0.25) is 0 Å². The summed E-state index contributed by atoms with van der Waals surface area (Å²) in [7, 11) is -25.0. The third-order valence-electron chi connectivity index (χ3n) is 4.69. The smallest absolute Gasteiger partial charge is 0.434 e. The second-order valence-corrected chi connectivity index (χ2v) is 33.4. The zero-order chi connectivity index (χ0) is 24.9. The van der Waals surface area contributed by atoms with Gasteiger partial charge in [0.15, 0.2) is 0 Å². The molecule has 2 bridgehead atoms. The maximum absolute atomic E-state index is 10.0. The normalized spacial score (nSPS) is 43.0. The largest absolute Gasteiger partial charge is 0.484 e. The SMILES string of the molecule is CC[Si]1(C)O[Si](C)O[Si](C)(O[Si](C)(O)O)O[Si]2(C)C[Si](C)(CO[Si](C)(O[Si](C)(O)O)O1)O2. The van der Waals surface area contributed by atoms with E-state index in [0.29, 0.717) is 11.7 Å². The molecule has 3 saturated heterocycles. The second-order valence-electron chi connectivity index (χ2n) is 9.34. The van der Waals surface area contributed by atoms with Crippen LogP contribution in [0.1, 0.15) is 6.92 Å². The Kier molecular flexibility index (Phi) is 8.86. The average molecular weight is 598 g/mol. The van der Waals surface area contributed by atoms with Crippen LogP contribution >= 0.6 is 0 Å². The van der Waals surface area contributed by atoms with E-state index in [1.54, 1.807) is 19.6 Å². The summed E-state index contributed by atoms with van der Waals surface area (Å²) in [5, 5.41) is 0. The molecule has 32 heavy (non-hydrogen) atoms. The van der Waals surface area contributed by atoms with Gasteiger partial charge in [-0.2, -0.15) is 0 Å². The van der Waals surface area contributed by atoms with Crippen LogP contribution in [0, 0.1) is 0 Å². The highest BCUT2D eigenvalue weighted by molar-refractivity contribution is 7.03. The van der Waals surface area contributed by atoms with Gasteiger partial charge in [0, 0.05) is 31.9 Å². The molecule has 0 aromatic carbocycles. The van der Waals surface area contributed by atoms with Crippen LogP contribution in [0.4, 0.5) is 0 Å². The summed E-state index contributed by atoms with van der Waals surface area (Å²) >= 11 is 0. The highest BCUT2D eigenvalue weighted by Crippen LogP contribution is 2.40. The quantitative estimate of drug-likeness (QED) is 0.323. The molecule has 3 rings (SSSR count). The van der Waals surface area contributed by atoms with Crippen LogP contribution in [0.3, 0.4) is 0 Å². The first-order valence-corrected chi connectivity index (χ1v) is 29.1. The van der Waals surface area contributed by atoms with Gasteiger partial charge < -0.3 is 52.4 Å². The van der Waals surface area contributed by atoms with Gasteiger partial charge in [0.05, 0.1) is 6.23 Å². The fourth-order valence-corrected chi connectivity index (χ4v) is 39.2. The molecule has 1 radical (unpaired) electrons. The van der Waals surface area contributed by atoms with E-state index in [2.05, 4.69) is 0 Å². The fourth-order valence-electron chi connectivity index (χ4n) is 3.99. The molecule has 4 N–H and O–H groups in total. The Morgan fingerprint density at radius 2 is 1.34 bits per heavy atom. The molecule has 3 heterocycles. The predicted molar refractivity (Wildman–Crippen MR) is 131 cm³/mol. The zero-order valence-electron chi connectivity index (χ0n) is 20.2. The van der Waals surface area contributed by atoms with Crippen molar-refractivity contribution in [1.29, 1.82) is 0 Å². The monoisotopic (exact) mass is 597 g/mol. The van der Waals surface area contributed by atoms with Crippen LogP contribution in [0.25, 0.3) is 0 Å². The summed E-state index contributed by atoms with van der Waals surface area (Å²) < 4.78 is 48.7. The molecule has 0 spiro atoms. The summed E-state index contributed by atoms with van der Waals surface area (Å²) in [6.45, 7) is 15.1. The van der Waals surface area contributed by atoms with Crippen LogP contribution in [-0.4, -0.2) is 95.4 Å². The first-order chi connectivity index (χ1) is 14.1. The maximum Gasteiger partial charge on any atom is 0.484 e. The molecule has 20 heteroatoms. The summed E-state index contributed by atoms with van der Waals surface area (Å²) in [5.41, 5.74) is 0.664. The third-order valence-corrected chi connectivity index (χ3v) is 34.9. The molecule has 3 aliphatic rings. The minimum Gasteiger partial charge on any atom is -0.434 e. The summed E-state index contributed by atoms with van der Waals surface area (Å²) in [6, 6.07) is 0.521. The Morgan fingerprint density at radius 3 is 1.81 bits per heavy atom. The average Bonchev–Trinajstić information content (AvgIpc) is 2.46. The van der Waals surface area contributed by atoms with Crippen molar-refractivity contribution in [1.82, 2.24) is 0 Å². The van der Waals surface area contributed by atoms with Crippen molar-refractivity contribution in [2.45, 2.75) is 71.0 Å². The number of fused-ring (bicyclic) bond motifs is 9. The molecule has 0 aliphatic carbocycles. The lowest BCUT2D eigenvalue weighted by Gasteiger charge is -2.52. The molecule has 3 aliphatic heterocycles. The number of hydrogen-bond donors (Lipinski definition) is 4. The Balaban J connectivity index is 2.41. The van der Waals surface area contributed by atoms with Crippen LogP contribution in [0.15, 0.2) is 0 Å². The van der Waals surface area contributed by atoms with Crippen LogP contribution in [0.2, 0.25) is 64.1 Å². The lowest BCUT2D eigenvalue weighted by atomic mass is 11.0. The van der Waals surface area contributed by atoms with Gasteiger partial charge in [0.1, 0.15) is 0 Å². The van der Waals surface area contributed by atoms with Gasteiger partial charge in [0.25, 0.3) is 0 Å². The first-order valence-electron chi connectivity index (χ1n) is 10.4. The van der Waals surface area contributed by atoms with Crippen molar-refractivity contribution in [3.63, 3.8) is 0 Å². The van der Waals surface area contributed by atoms with Gasteiger partial charge in [0.2, 0.25) is 8.32 Å². The molecule has 189 valence electrons. The van der Waals surface area contributed by atoms with Gasteiger partial charge in [-0.15, -0.1) is 0 Å². The van der Waals surface area contributed by atoms with E-state index < -0.39 is 69.9 Å². The molecule has 0 saturated carbocycles. The van der Waals surface area contributed by atoms with E-state index >= 15 is 0 Å². The summed E-state index contributed by atoms with van der Waals surface area (Å²) in [4.78, 5) is 40.1. The van der Waals surface area contributed by atoms with Crippen molar-refractivity contribution >= 4 is 69.9 Å². The Bertz CT molecular complexity index is 671. The van der Waals surface area contributed by atoms with Crippen LogP contribution in [-0.2, 0) is 33.2 Å². The van der Waals surface area contributed by atoms with Gasteiger partial charge in [-0.1, -0.05) is 6.92 Å². The van der Waals surface area contributed by atoms with E-state index in [9.17, 15) is 19.2 Å². The van der Waals surface area contributed by atoms with Crippen LogP contribution < -0.4 is 0 Å². The minimum atomic E-state index is -3.96. The van der Waals surface area contributed by atoms with E-state index in [4.69, 9.17) is 33.2 Å². The molecule has 0 aromatic rings. The summed E-state index contributed by atoms with van der Waals surface area (Å²) in [5.74, 6) is 0. The highest BCUT2D eigenvalue weighted by Gasteiger charge is 2.63. The van der Waals surface area contributed by atoms with Crippen molar-refractivity contribution in [2.75, 3.05) is 6.23 Å². The molecule has 3 fully saturated rings. The molecule has 0 amide bonds. The Labute approximate surface area is 199 Å². The molecule has 12 nitrogen and oxygen atoms in total. The number of hydrogen-bond acceptors (Lipinski definition) is 12. The summed E-state index contributed by atoms with van der Waals surface area (Å²) in [6.07, 6.45) is 0.233. The Hall–Kier alpha value is 1.26. The maximum atomic E-state index is 10.0. The van der Waals surface area contributed by atoms with Crippen molar-refractivity contribution < 1.29 is 52.4 Å². The van der Waals surface area contributed by atoms with Gasteiger partial charge >= 0.3 is 61.6 Å². The second kappa shape index (κ2) is 9.61.